The minimum absolute atomic E-state index is 0.00649. The maximum absolute atomic E-state index is 14.9. The van der Waals surface area contributed by atoms with Gasteiger partial charge in [-0.1, -0.05) is 71.7 Å². The average Bonchev–Trinajstić information content (AvgIpc) is 3.32. The van der Waals surface area contributed by atoms with Crippen molar-refractivity contribution < 1.29 is 33.3 Å². The summed E-state index contributed by atoms with van der Waals surface area (Å²) in [6.07, 6.45) is 0.867. The van der Waals surface area contributed by atoms with Crippen molar-refractivity contribution >= 4 is 68.9 Å². The number of nitrogens with zero attached hydrogens (tertiary/aromatic N) is 9. The Balaban J connectivity index is 0.000000204. The van der Waals surface area contributed by atoms with Crippen LogP contribution in [0.25, 0.3) is 44.6 Å². The molecular weight excluding hydrogens is 986 g/mol. The zero-order valence-corrected chi connectivity index (χ0v) is 42.3. The number of aromatic nitrogens is 6. The first-order valence-corrected chi connectivity index (χ1v) is 24.0. The van der Waals surface area contributed by atoms with Gasteiger partial charge in [-0.05, 0) is 89.6 Å². The maximum atomic E-state index is 14.9. The molecule has 2 fully saturated rings. The number of halogens is 4. The van der Waals surface area contributed by atoms with Crippen LogP contribution in [-0.4, -0.2) is 118 Å². The normalized spacial score (nSPS) is 16.1. The topological polar surface area (TPSA) is 203 Å². The number of piperazine rings is 2. The monoisotopic (exact) mass is 1040 g/mol. The fourth-order valence-corrected chi connectivity index (χ4v) is 9.35. The van der Waals surface area contributed by atoms with Crippen LogP contribution in [0.2, 0.25) is 10.0 Å². The largest absolute Gasteiger partial charge is 0.507 e. The van der Waals surface area contributed by atoms with Gasteiger partial charge in [0.1, 0.15) is 51.7 Å². The van der Waals surface area contributed by atoms with Crippen molar-refractivity contribution in [2.45, 2.75) is 65.8 Å². The second kappa shape index (κ2) is 20.8. The van der Waals surface area contributed by atoms with Crippen molar-refractivity contribution in [2.24, 2.45) is 0 Å². The zero-order valence-electron chi connectivity index (χ0n) is 40.8. The molecule has 0 saturated carbocycles. The number of pyridine rings is 2. The zero-order chi connectivity index (χ0) is 52.6. The van der Waals surface area contributed by atoms with E-state index in [1.54, 1.807) is 15.9 Å². The summed E-state index contributed by atoms with van der Waals surface area (Å²) < 4.78 is 36.2. The molecule has 2 atom stereocenters. The minimum Gasteiger partial charge on any atom is -0.507 e. The number of hydrogen-bond acceptors (Lipinski definition) is 13. The summed E-state index contributed by atoms with van der Waals surface area (Å²) in [6.45, 7) is 17.4. The lowest BCUT2D eigenvalue weighted by molar-refractivity contribution is -0.126. The smallest absolute Gasteiger partial charge is 0.410 e. The maximum Gasteiger partial charge on any atom is 0.410 e. The summed E-state index contributed by atoms with van der Waals surface area (Å²) in [5.41, 5.74) is 0.249. The number of aromatic hydroxyl groups is 2. The van der Waals surface area contributed by atoms with Gasteiger partial charge in [0.25, 0.3) is 0 Å². The molecule has 9 rings (SSSR count). The first kappa shape index (κ1) is 51.7. The van der Waals surface area contributed by atoms with Gasteiger partial charge in [0.05, 0.1) is 49.9 Å². The van der Waals surface area contributed by atoms with Gasteiger partial charge in [0.15, 0.2) is 0 Å². The third kappa shape index (κ3) is 10.9. The highest BCUT2D eigenvalue weighted by molar-refractivity contribution is 6.34. The van der Waals surface area contributed by atoms with Gasteiger partial charge in [0.2, 0.25) is 5.91 Å². The van der Waals surface area contributed by atoms with Gasteiger partial charge in [-0.15, -0.1) is 0 Å². The van der Waals surface area contributed by atoms with Crippen LogP contribution in [0.5, 0.6) is 11.5 Å². The summed E-state index contributed by atoms with van der Waals surface area (Å²) >= 11 is 13.1. The number of benzene rings is 3. The molecule has 2 aliphatic rings. The fourth-order valence-electron chi connectivity index (χ4n) is 8.86. The molecule has 0 aliphatic carbocycles. The van der Waals surface area contributed by atoms with E-state index < -0.39 is 34.7 Å². The van der Waals surface area contributed by atoms with E-state index in [4.69, 9.17) is 27.9 Å². The Labute approximate surface area is 427 Å². The summed E-state index contributed by atoms with van der Waals surface area (Å²) in [7, 11) is 0. The first-order chi connectivity index (χ1) is 34.6. The number of aryl methyl sites for hydroxylation is 1. The number of nitrogens with one attached hydrogen (secondary N) is 1. The molecule has 0 bridgehead atoms. The Bertz CT molecular complexity index is 3380. The molecule has 3 aromatic carbocycles. The molecule has 4 aromatic heterocycles. The van der Waals surface area contributed by atoms with E-state index in [9.17, 15) is 38.2 Å². The SMILES string of the molecule is C=CC(=O)N1CCN(c2nc(=O)[nH]c3nc(-c4c(O)cccc4F)c(Cl)cc23)[C@@H](C)C1.Cc1ccc(Cn2c(=O)nc(N3CCN(C(=O)OC(C)(C)C)C[C@@H]3C)c3cc(Cl)c(-c4c(O)cccc4F)nc32)cc1. The van der Waals surface area contributed by atoms with Crippen molar-refractivity contribution in [3.63, 3.8) is 0 Å². The van der Waals surface area contributed by atoms with Gasteiger partial charge in [-0.2, -0.15) is 9.97 Å². The molecule has 0 unspecified atom stereocenters. The number of ether oxygens (including phenoxy) is 1. The van der Waals surface area contributed by atoms with Crippen molar-refractivity contribution in [1.82, 2.24) is 39.3 Å². The highest BCUT2D eigenvalue weighted by Crippen LogP contribution is 2.40. The molecule has 7 aromatic rings. The number of rotatable bonds is 7. The highest BCUT2D eigenvalue weighted by atomic mass is 35.5. The van der Waals surface area contributed by atoms with E-state index in [2.05, 4.69) is 31.5 Å². The fraction of sp³-hybridized carbons (Fsp3) is 0.308. The van der Waals surface area contributed by atoms with Gasteiger partial charge in [-0.3, -0.25) is 14.3 Å². The van der Waals surface area contributed by atoms with E-state index in [0.717, 1.165) is 11.1 Å². The van der Waals surface area contributed by atoms with Gasteiger partial charge < -0.3 is 34.5 Å². The number of carbonyl (C=O) groups is 2. The number of fused-ring (bicyclic) bond motifs is 2. The predicted octanol–water partition coefficient (Wildman–Crippen LogP) is 8.47. The predicted molar refractivity (Wildman–Crippen MR) is 277 cm³/mol. The molecule has 0 spiro atoms. The lowest BCUT2D eigenvalue weighted by Gasteiger charge is -2.41. The number of carbonyl (C=O) groups excluding carboxylic acids is 2. The van der Waals surface area contributed by atoms with Crippen molar-refractivity contribution in [1.29, 1.82) is 0 Å². The van der Waals surface area contributed by atoms with E-state index in [1.807, 2.05) is 75.6 Å². The molecule has 0 radical (unpaired) electrons. The number of hydrogen-bond donors (Lipinski definition) is 3. The van der Waals surface area contributed by atoms with Crippen molar-refractivity contribution in [2.75, 3.05) is 49.1 Å². The molecule has 17 nitrogen and oxygen atoms in total. The number of aromatic amines is 1. The van der Waals surface area contributed by atoms with Crippen LogP contribution in [0.1, 0.15) is 45.7 Å². The Morgan fingerprint density at radius 1 is 0.781 bits per heavy atom. The lowest BCUT2D eigenvalue weighted by Crippen LogP contribution is -2.55. The molecule has 2 saturated heterocycles. The van der Waals surface area contributed by atoms with Crippen LogP contribution in [0.3, 0.4) is 0 Å². The van der Waals surface area contributed by atoms with Crippen LogP contribution in [0, 0.1) is 18.6 Å². The van der Waals surface area contributed by atoms with Crippen LogP contribution in [0.15, 0.2) is 95.0 Å². The molecule has 380 valence electrons. The van der Waals surface area contributed by atoms with Crippen LogP contribution < -0.4 is 21.2 Å². The molecule has 2 aliphatic heterocycles. The summed E-state index contributed by atoms with van der Waals surface area (Å²) in [5.74, 6) is -1.45. The Hall–Kier alpha value is -7.64. The number of H-pyrrole nitrogens is 1. The van der Waals surface area contributed by atoms with E-state index >= 15 is 0 Å². The average molecular weight is 1040 g/mol. The van der Waals surface area contributed by atoms with E-state index in [0.29, 0.717) is 61.7 Å². The molecule has 73 heavy (non-hydrogen) atoms. The molecule has 21 heteroatoms. The Morgan fingerprint density at radius 2 is 1.32 bits per heavy atom. The van der Waals surface area contributed by atoms with E-state index in [-0.39, 0.29) is 79.9 Å². The number of anilines is 2. The third-order valence-corrected chi connectivity index (χ3v) is 13.0. The first-order valence-electron chi connectivity index (χ1n) is 23.3. The lowest BCUT2D eigenvalue weighted by atomic mass is 10.1. The second-order valence-electron chi connectivity index (χ2n) is 18.8. The van der Waals surface area contributed by atoms with Gasteiger partial charge in [0, 0.05) is 51.4 Å². The minimum atomic E-state index is -0.697. The van der Waals surface area contributed by atoms with Crippen molar-refractivity contribution in [3.05, 3.63) is 139 Å². The molecular formula is C52H52Cl2F2N10O7. The number of phenolic OH excluding ortho intramolecular Hbond substituents is 2. The van der Waals surface area contributed by atoms with E-state index in [1.165, 1.54) is 53.1 Å². The highest BCUT2D eigenvalue weighted by Gasteiger charge is 2.33. The third-order valence-electron chi connectivity index (χ3n) is 12.4. The number of amides is 2. The molecule has 6 heterocycles. The van der Waals surface area contributed by atoms with Crippen LogP contribution >= 0.6 is 23.2 Å². The van der Waals surface area contributed by atoms with Gasteiger partial charge >= 0.3 is 17.5 Å². The summed E-state index contributed by atoms with van der Waals surface area (Å²) in [4.78, 5) is 77.9. The number of phenols is 2. The standard InChI is InChI=1S/C31H33ClFN5O4.C21H19ClFN5O3/c1-18-9-11-20(12-10-18)17-38-27-21(15-22(32)26(34-27)25-23(33)7-6-8-24(25)39)28(35-29(38)40)37-14-13-36(16-19(37)2)30(41)42-31(3,4)5;1-3-16(30)27-7-8-28(11(2)10-27)20-12-9-13(22)18(24-19(12)25-21(31)26-20)17-14(23)5-4-6-15(17)29/h6-12,15,19,39H,13-14,16-17H2,1-5H3;3-6,9,11,29H,1,7-8,10H2,2H3,(H,24,25,26,31)/t19-;11-/m00/s1. The van der Waals surface area contributed by atoms with Crippen LogP contribution in [0.4, 0.5) is 25.2 Å². The quantitative estimate of drug-likeness (QED) is 0.128. The second-order valence-corrected chi connectivity index (χ2v) is 19.6. The summed E-state index contributed by atoms with van der Waals surface area (Å²) in [6, 6.07) is 18.3. The Morgan fingerprint density at radius 3 is 1.86 bits per heavy atom. The Kier molecular flexibility index (Phi) is 14.8. The van der Waals surface area contributed by atoms with Crippen LogP contribution in [-0.2, 0) is 16.1 Å². The molecule has 3 N–H and O–H groups in total. The summed E-state index contributed by atoms with van der Waals surface area (Å²) in [5, 5.41) is 21.7. The van der Waals surface area contributed by atoms with Crippen molar-refractivity contribution in [3.8, 4) is 34.0 Å². The molecule has 2 amide bonds. The van der Waals surface area contributed by atoms with Gasteiger partial charge in [-0.25, -0.2) is 33.1 Å².